The van der Waals surface area contributed by atoms with Crippen LogP contribution in [0, 0.1) is 17.1 Å². The van der Waals surface area contributed by atoms with Crippen LogP contribution in [0.25, 0.3) is 0 Å². The van der Waals surface area contributed by atoms with Crippen LogP contribution in [-0.2, 0) is 13.1 Å². The second-order valence-electron chi connectivity index (χ2n) is 7.29. The highest BCUT2D eigenvalue weighted by molar-refractivity contribution is 14.0. The summed E-state index contributed by atoms with van der Waals surface area (Å²) < 4.78 is 14.0. The first kappa shape index (κ1) is 24.1. The minimum Gasteiger partial charge on any atom is -0.357 e. The van der Waals surface area contributed by atoms with Crippen molar-refractivity contribution in [1.82, 2.24) is 15.5 Å². The van der Waals surface area contributed by atoms with Gasteiger partial charge in [-0.05, 0) is 43.5 Å². The number of benzene rings is 2. The third-order valence-electron chi connectivity index (χ3n) is 5.10. The van der Waals surface area contributed by atoms with E-state index in [0.717, 1.165) is 39.0 Å². The summed E-state index contributed by atoms with van der Waals surface area (Å²) in [5, 5.41) is 15.7. The summed E-state index contributed by atoms with van der Waals surface area (Å²) >= 11 is 0. The second-order valence-corrected chi connectivity index (χ2v) is 7.29. The van der Waals surface area contributed by atoms with Crippen molar-refractivity contribution in [3.05, 3.63) is 71.0 Å². The molecule has 2 N–H and O–H groups in total. The summed E-state index contributed by atoms with van der Waals surface area (Å²) in [6, 6.07) is 17.3. The van der Waals surface area contributed by atoms with Crippen molar-refractivity contribution in [3.63, 3.8) is 0 Å². The van der Waals surface area contributed by atoms with Gasteiger partial charge in [0, 0.05) is 37.8 Å². The number of likely N-dealkylation sites (tertiary alicyclic amines) is 1. The first-order valence-corrected chi connectivity index (χ1v) is 10.2. The Bertz CT molecular complexity index is 858. The van der Waals surface area contributed by atoms with Crippen LogP contribution in [0.15, 0.2) is 53.5 Å². The topological polar surface area (TPSA) is 63.5 Å². The fraction of sp³-hybridized carbons (Fsp3) is 0.391. The van der Waals surface area contributed by atoms with Crippen molar-refractivity contribution in [2.24, 2.45) is 4.99 Å². The van der Waals surface area contributed by atoms with Gasteiger partial charge in [0.15, 0.2) is 5.96 Å². The lowest BCUT2D eigenvalue weighted by Crippen LogP contribution is -2.48. The van der Waals surface area contributed by atoms with Crippen LogP contribution < -0.4 is 10.6 Å². The maximum atomic E-state index is 14.0. The molecule has 5 nitrogen and oxygen atoms in total. The molecule has 2 aromatic rings. The van der Waals surface area contributed by atoms with Gasteiger partial charge in [0.1, 0.15) is 5.82 Å². The van der Waals surface area contributed by atoms with Crippen molar-refractivity contribution in [2.45, 2.75) is 38.9 Å². The molecular weight excluding hydrogens is 492 g/mol. The van der Waals surface area contributed by atoms with Gasteiger partial charge < -0.3 is 10.6 Å². The van der Waals surface area contributed by atoms with Gasteiger partial charge in [0.2, 0.25) is 0 Å². The molecule has 1 aliphatic rings. The first-order chi connectivity index (χ1) is 14.2. The van der Waals surface area contributed by atoms with Gasteiger partial charge in [-0.2, -0.15) is 5.26 Å². The predicted molar refractivity (Wildman–Crippen MR) is 129 cm³/mol. The van der Waals surface area contributed by atoms with Crippen molar-refractivity contribution in [1.29, 1.82) is 5.26 Å². The standard InChI is InChI=1S/C23H28FN5.HI/c1-2-26-23(27-16-20-14-19(15-25)8-9-22(20)24)28-21-10-12-29(13-11-21)17-18-6-4-3-5-7-18;/h3-9,14,21H,2,10-13,16-17H2,1H3,(H2,26,27,28);1H. The first-order valence-electron chi connectivity index (χ1n) is 10.2. The van der Waals surface area contributed by atoms with E-state index < -0.39 is 0 Å². The molecule has 1 heterocycles. The van der Waals surface area contributed by atoms with E-state index in [0.29, 0.717) is 23.1 Å². The minimum absolute atomic E-state index is 0. The van der Waals surface area contributed by atoms with Crippen molar-refractivity contribution < 1.29 is 4.39 Å². The Labute approximate surface area is 195 Å². The van der Waals surface area contributed by atoms with Crippen LogP contribution in [0.4, 0.5) is 4.39 Å². The lowest BCUT2D eigenvalue weighted by atomic mass is 10.0. The molecule has 0 amide bonds. The Hall–Kier alpha value is -2.18. The third kappa shape index (κ3) is 7.26. The molecular formula is C23H29FIN5. The van der Waals surface area contributed by atoms with Crippen molar-refractivity contribution in [3.8, 4) is 6.07 Å². The van der Waals surface area contributed by atoms with Gasteiger partial charge >= 0.3 is 0 Å². The number of rotatable bonds is 6. The minimum atomic E-state index is -0.335. The van der Waals surface area contributed by atoms with Crippen molar-refractivity contribution in [2.75, 3.05) is 19.6 Å². The molecule has 160 valence electrons. The maximum Gasteiger partial charge on any atom is 0.191 e. The molecule has 1 aliphatic heterocycles. The van der Waals surface area contributed by atoms with E-state index in [1.54, 1.807) is 6.07 Å². The molecule has 30 heavy (non-hydrogen) atoms. The monoisotopic (exact) mass is 521 g/mol. The Morgan fingerprint density at radius 3 is 2.60 bits per heavy atom. The van der Waals surface area contributed by atoms with E-state index in [1.165, 1.54) is 17.7 Å². The van der Waals surface area contributed by atoms with Crippen LogP contribution in [0.3, 0.4) is 0 Å². The highest BCUT2D eigenvalue weighted by Crippen LogP contribution is 2.14. The zero-order valence-corrected chi connectivity index (χ0v) is 19.6. The van der Waals surface area contributed by atoms with E-state index in [9.17, 15) is 4.39 Å². The molecule has 7 heteroatoms. The second kappa shape index (κ2) is 12.5. The lowest BCUT2D eigenvalue weighted by molar-refractivity contribution is 0.198. The van der Waals surface area contributed by atoms with Crippen LogP contribution in [0.2, 0.25) is 0 Å². The molecule has 1 saturated heterocycles. The molecule has 0 unspecified atom stereocenters. The quantitative estimate of drug-likeness (QED) is 0.343. The highest BCUT2D eigenvalue weighted by atomic mass is 127. The largest absolute Gasteiger partial charge is 0.357 e. The van der Waals surface area contributed by atoms with E-state index >= 15 is 0 Å². The van der Waals surface area contributed by atoms with E-state index in [1.807, 2.05) is 19.1 Å². The number of aliphatic imine (C=N–C) groups is 1. The van der Waals surface area contributed by atoms with Crippen LogP contribution >= 0.6 is 24.0 Å². The number of guanidine groups is 1. The van der Waals surface area contributed by atoms with Crippen LogP contribution in [0.1, 0.15) is 36.5 Å². The molecule has 0 aromatic heterocycles. The Kier molecular flexibility index (Phi) is 10.0. The lowest BCUT2D eigenvalue weighted by Gasteiger charge is -2.33. The van der Waals surface area contributed by atoms with E-state index in [-0.39, 0.29) is 36.3 Å². The number of piperidine rings is 1. The van der Waals surface area contributed by atoms with Crippen LogP contribution in [-0.4, -0.2) is 36.5 Å². The van der Waals surface area contributed by atoms with Crippen molar-refractivity contribution >= 4 is 29.9 Å². The normalized spacial score (nSPS) is 15.2. The van der Waals surface area contributed by atoms with Gasteiger partial charge in [0.25, 0.3) is 0 Å². The number of nitrogens with zero attached hydrogens (tertiary/aromatic N) is 3. The van der Waals surface area contributed by atoms with Gasteiger partial charge in [-0.3, -0.25) is 4.90 Å². The Balaban J connectivity index is 0.00000320. The molecule has 0 radical (unpaired) electrons. The molecule has 0 atom stereocenters. The molecule has 1 fully saturated rings. The zero-order valence-electron chi connectivity index (χ0n) is 17.3. The van der Waals surface area contributed by atoms with Gasteiger partial charge in [-0.1, -0.05) is 30.3 Å². The summed E-state index contributed by atoms with van der Waals surface area (Å²) in [6.07, 6.45) is 2.07. The third-order valence-corrected chi connectivity index (χ3v) is 5.10. The smallest absolute Gasteiger partial charge is 0.191 e. The van der Waals surface area contributed by atoms with E-state index in [4.69, 9.17) is 5.26 Å². The Morgan fingerprint density at radius 2 is 1.93 bits per heavy atom. The number of nitriles is 1. The average Bonchev–Trinajstić information content (AvgIpc) is 2.75. The van der Waals surface area contributed by atoms with Gasteiger partial charge in [0.05, 0.1) is 18.2 Å². The summed E-state index contributed by atoms with van der Waals surface area (Å²) in [4.78, 5) is 7.00. The molecule has 0 saturated carbocycles. The summed E-state index contributed by atoms with van der Waals surface area (Å²) in [6.45, 7) is 5.99. The molecule has 2 aromatic carbocycles. The Morgan fingerprint density at radius 1 is 1.20 bits per heavy atom. The molecule has 3 rings (SSSR count). The average molecular weight is 521 g/mol. The number of hydrogen-bond acceptors (Lipinski definition) is 3. The summed E-state index contributed by atoms with van der Waals surface area (Å²) in [5.74, 6) is 0.355. The number of hydrogen-bond donors (Lipinski definition) is 2. The molecule has 0 bridgehead atoms. The number of nitrogens with one attached hydrogen (secondary N) is 2. The molecule has 0 spiro atoms. The van der Waals surface area contributed by atoms with Gasteiger partial charge in [-0.25, -0.2) is 9.38 Å². The fourth-order valence-corrected chi connectivity index (χ4v) is 3.52. The zero-order chi connectivity index (χ0) is 20.5. The SMILES string of the molecule is CCNC(=NCc1cc(C#N)ccc1F)NC1CCN(Cc2ccccc2)CC1.I. The highest BCUT2D eigenvalue weighted by Gasteiger charge is 2.20. The van der Waals surface area contributed by atoms with Gasteiger partial charge in [-0.15, -0.1) is 24.0 Å². The maximum absolute atomic E-state index is 14.0. The van der Waals surface area contributed by atoms with Crippen LogP contribution in [0.5, 0.6) is 0 Å². The predicted octanol–water partition coefficient (Wildman–Crippen LogP) is 4.04. The number of halogens is 2. The fourth-order valence-electron chi connectivity index (χ4n) is 3.52. The summed E-state index contributed by atoms with van der Waals surface area (Å²) in [5.41, 5.74) is 2.22. The molecule has 0 aliphatic carbocycles. The summed E-state index contributed by atoms with van der Waals surface area (Å²) in [7, 11) is 0. The van der Waals surface area contributed by atoms with E-state index in [2.05, 4.69) is 44.8 Å².